The highest BCUT2D eigenvalue weighted by atomic mass is 19.4. The molecule has 2 N–H and O–H groups in total. The molecule has 134 valence electrons. The van der Waals surface area contributed by atoms with E-state index in [0.29, 0.717) is 0 Å². The molecule has 0 saturated heterocycles. The minimum absolute atomic E-state index is 0.0773. The van der Waals surface area contributed by atoms with Crippen LogP contribution in [-0.2, 0) is 24.2 Å². The highest BCUT2D eigenvalue weighted by Gasteiger charge is 2.33. The Morgan fingerprint density at radius 2 is 1.84 bits per heavy atom. The van der Waals surface area contributed by atoms with E-state index in [0.717, 1.165) is 11.6 Å². The summed E-state index contributed by atoms with van der Waals surface area (Å²) in [6.07, 6.45) is -4.55. The summed E-state index contributed by atoms with van der Waals surface area (Å²) in [7, 11) is 1.28. The van der Waals surface area contributed by atoms with Crippen LogP contribution >= 0.6 is 0 Å². The van der Waals surface area contributed by atoms with Gasteiger partial charge in [0, 0.05) is 6.54 Å². The standard InChI is InChI=1S/C17H17F3N2O3/c1-24-14-8-7-13(15(9-14)17(18,19)20)10-21-16(23)22-25-11-12-5-3-2-4-6-12/h2-9H,10-11H2,1H3,(H2,21,22,23). The van der Waals surface area contributed by atoms with E-state index in [9.17, 15) is 18.0 Å². The van der Waals surface area contributed by atoms with E-state index < -0.39 is 17.8 Å². The molecule has 0 aliphatic carbocycles. The van der Waals surface area contributed by atoms with E-state index in [1.54, 1.807) is 0 Å². The van der Waals surface area contributed by atoms with Crippen molar-refractivity contribution < 1.29 is 27.5 Å². The van der Waals surface area contributed by atoms with Crippen molar-refractivity contribution in [2.45, 2.75) is 19.3 Å². The fourth-order valence-corrected chi connectivity index (χ4v) is 2.07. The molecule has 0 aliphatic heterocycles. The van der Waals surface area contributed by atoms with Crippen LogP contribution in [0.1, 0.15) is 16.7 Å². The molecular formula is C17H17F3N2O3. The first-order chi connectivity index (χ1) is 11.9. The lowest BCUT2D eigenvalue weighted by atomic mass is 10.1. The van der Waals surface area contributed by atoms with Crippen LogP contribution in [0, 0.1) is 0 Å². The van der Waals surface area contributed by atoms with Gasteiger partial charge in [0.25, 0.3) is 0 Å². The Labute approximate surface area is 142 Å². The number of alkyl halides is 3. The van der Waals surface area contributed by atoms with Crippen LogP contribution in [0.5, 0.6) is 5.75 Å². The molecule has 8 heteroatoms. The average Bonchev–Trinajstić information content (AvgIpc) is 2.60. The van der Waals surface area contributed by atoms with Gasteiger partial charge in [0.15, 0.2) is 0 Å². The van der Waals surface area contributed by atoms with Gasteiger partial charge in [0.1, 0.15) is 5.75 Å². The zero-order valence-corrected chi connectivity index (χ0v) is 13.4. The first-order valence-electron chi connectivity index (χ1n) is 7.34. The average molecular weight is 354 g/mol. The van der Waals surface area contributed by atoms with E-state index in [2.05, 4.69) is 10.8 Å². The summed E-state index contributed by atoms with van der Waals surface area (Å²) in [4.78, 5) is 16.6. The van der Waals surface area contributed by atoms with Crippen molar-refractivity contribution in [2.75, 3.05) is 7.11 Å². The van der Waals surface area contributed by atoms with E-state index in [-0.39, 0.29) is 24.5 Å². The van der Waals surface area contributed by atoms with Crippen LogP contribution < -0.4 is 15.5 Å². The fraction of sp³-hybridized carbons (Fsp3) is 0.235. The molecule has 5 nitrogen and oxygen atoms in total. The molecule has 2 rings (SSSR count). The van der Waals surface area contributed by atoms with Crippen molar-refractivity contribution in [3.63, 3.8) is 0 Å². The number of nitrogens with one attached hydrogen (secondary N) is 2. The molecule has 0 unspecified atom stereocenters. The van der Waals surface area contributed by atoms with Crippen molar-refractivity contribution in [3.8, 4) is 5.75 Å². The normalized spacial score (nSPS) is 11.0. The Morgan fingerprint density at radius 1 is 1.12 bits per heavy atom. The molecule has 0 fully saturated rings. The smallest absolute Gasteiger partial charge is 0.416 e. The maximum atomic E-state index is 13.1. The molecule has 0 bridgehead atoms. The van der Waals surface area contributed by atoms with Crippen LogP contribution in [0.3, 0.4) is 0 Å². The van der Waals surface area contributed by atoms with E-state index in [1.807, 2.05) is 30.3 Å². The zero-order chi connectivity index (χ0) is 18.3. The number of benzene rings is 2. The number of carbonyl (C=O) groups excluding carboxylic acids is 1. The lowest BCUT2D eigenvalue weighted by Gasteiger charge is -2.15. The molecule has 0 aliphatic rings. The number of carbonyl (C=O) groups is 1. The summed E-state index contributed by atoms with van der Waals surface area (Å²) in [5.74, 6) is 0.0896. The molecule has 2 amide bonds. The van der Waals surface area contributed by atoms with Crippen LogP contribution in [0.4, 0.5) is 18.0 Å². The molecule has 2 aromatic rings. The molecule has 0 spiro atoms. The van der Waals surface area contributed by atoms with Crippen molar-refractivity contribution in [3.05, 3.63) is 65.2 Å². The lowest BCUT2D eigenvalue weighted by molar-refractivity contribution is -0.138. The Morgan fingerprint density at radius 3 is 2.48 bits per heavy atom. The third-order valence-corrected chi connectivity index (χ3v) is 3.31. The number of hydroxylamine groups is 1. The molecule has 0 radical (unpaired) electrons. The van der Waals surface area contributed by atoms with Crippen LogP contribution in [0.15, 0.2) is 48.5 Å². The third-order valence-electron chi connectivity index (χ3n) is 3.31. The topological polar surface area (TPSA) is 59.6 Å². The Bertz CT molecular complexity index is 706. The van der Waals surface area contributed by atoms with Crippen LogP contribution in [0.2, 0.25) is 0 Å². The zero-order valence-electron chi connectivity index (χ0n) is 13.4. The summed E-state index contributed by atoms with van der Waals surface area (Å²) in [6.45, 7) is -0.163. The van der Waals surface area contributed by atoms with Gasteiger partial charge in [-0.15, -0.1) is 0 Å². The molecule has 25 heavy (non-hydrogen) atoms. The second kappa shape index (κ2) is 8.39. The van der Waals surface area contributed by atoms with Crippen molar-refractivity contribution in [2.24, 2.45) is 0 Å². The quantitative estimate of drug-likeness (QED) is 0.779. The monoisotopic (exact) mass is 354 g/mol. The largest absolute Gasteiger partial charge is 0.497 e. The predicted octanol–water partition coefficient (Wildman–Crippen LogP) is 3.65. The summed E-state index contributed by atoms with van der Waals surface area (Å²) in [5.41, 5.74) is 2.03. The summed E-state index contributed by atoms with van der Waals surface area (Å²) in [6, 6.07) is 11.9. The van der Waals surface area contributed by atoms with Crippen molar-refractivity contribution >= 4 is 6.03 Å². The van der Waals surface area contributed by atoms with Gasteiger partial charge in [-0.2, -0.15) is 13.2 Å². The van der Waals surface area contributed by atoms with Gasteiger partial charge < -0.3 is 10.1 Å². The highest BCUT2D eigenvalue weighted by molar-refractivity contribution is 5.72. The number of rotatable bonds is 6. The molecule has 0 saturated carbocycles. The van der Waals surface area contributed by atoms with Gasteiger partial charge in [0.2, 0.25) is 0 Å². The number of ether oxygens (including phenoxy) is 1. The Kier molecular flexibility index (Phi) is 6.24. The molecular weight excluding hydrogens is 337 g/mol. The highest BCUT2D eigenvalue weighted by Crippen LogP contribution is 2.34. The summed E-state index contributed by atoms with van der Waals surface area (Å²) >= 11 is 0. The van der Waals surface area contributed by atoms with Gasteiger partial charge in [-0.3, -0.25) is 4.84 Å². The predicted molar refractivity (Wildman–Crippen MR) is 84.6 cm³/mol. The summed E-state index contributed by atoms with van der Waals surface area (Å²) < 4.78 is 44.0. The summed E-state index contributed by atoms with van der Waals surface area (Å²) in [5, 5.41) is 2.32. The molecule has 0 atom stereocenters. The minimum atomic E-state index is -4.55. The first-order valence-corrected chi connectivity index (χ1v) is 7.34. The number of hydrogen-bond donors (Lipinski definition) is 2. The van der Waals surface area contributed by atoms with Gasteiger partial charge >= 0.3 is 12.2 Å². The van der Waals surface area contributed by atoms with E-state index in [1.165, 1.54) is 19.2 Å². The number of urea groups is 1. The Balaban J connectivity index is 1.89. The molecule has 0 heterocycles. The third kappa shape index (κ3) is 5.68. The first kappa shape index (κ1) is 18.6. The fourth-order valence-electron chi connectivity index (χ4n) is 2.07. The van der Waals surface area contributed by atoms with Gasteiger partial charge in [-0.1, -0.05) is 36.4 Å². The molecule has 0 aromatic heterocycles. The van der Waals surface area contributed by atoms with Gasteiger partial charge in [0.05, 0.1) is 19.3 Å². The van der Waals surface area contributed by atoms with Crippen LogP contribution in [0.25, 0.3) is 0 Å². The lowest BCUT2D eigenvalue weighted by Crippen LogP contribution is -2.35. The SMILES string of the molecule is COc1ccc(CNC(=O)NOCc2ccccc2)c(C(F)(F)F)c1. The maximum Gasteiger partial charge on any atom is 0.416 e. The minimum Gasteiger partial charge on any atom is -0.497 e. The van der Waals surface area contributed by atoms with E-state index in [4.69, 9.17) is 9.57 Å². The maximum absolute atomic E-state index is 13.1. The number of halogens is 3. The second-order valence-electron chi connectivity index (χ2n) is 5.08. The van der Waals surface area contributed by atoms with Crippen LogP contribution in [-0.4, -0.2) is 13.1 Å². The molecule has 2 aromatic carbocycles. The van der Waals surface area contributed by atoms with Gasteiger partial charge in [-0.25, -0.2) is 10.3 Å². The number of amides is 2. The number of hydrogen-bond acceptors (Lipinski definition) is 3. The van der Waals surface area contributed by atoms with Crippen molar-refractivity contribution in [1.82, 2.24) is 10.8 Å². The van der Waals surface area contributed by atoms with E-state index >= 15 is 0 Å². The second-order valence-corrected chi connectivity index (χ2v) is 5.08. The Hall–Kier alpha value is -2.74. The van der Waals surface area contributed by atoms with Gasteiger partial charge in [-0.05, 0) is 23.3 Å². The number of methoxy groups -OCH3 is 1. The van der Waals surface area contributed by atoms with Crippen molar-refractivity contribution in [1.29, 1.82) is 0 Å².